The molecule has 28 heavy (non-hydrogen) atoms. The molecule has 0 unspecified atom stereocenters. The van der Waals surface area contributed by atoms with E-state index >= 15 is 0 Å². The van der Waals surface area contributed by atoms with Crippen molar-refractivity contribution in [2.24, 2.45) is 0 Å². The molecule has 3 aromatic rings. The predicted molar refractivity (Wildman–Crippen MR) is 106 cm³/mol. The van der Waals surface area contributed by atoms with Crippen LogP contribution in [0.15, 0.2) is 42.6 Å². The lowest BCUT2D eigenvalue weighted by Crippen LogP contribution is -2.22. The van der Waals surface area contributed by atoms with Crippen molar-refractivity contribution in [3.05, 3.63) is 53.7 Å². The van der Waals surface area contributed by atoms with Gasteiger partial charge in [0.2, 0.25) is 0 Å². The Labute approximate surface area is 161 Å². The summed E-state index contributed by atoms with van der Waals surface area (Å²) in [5.41, 5.74) is 4.61. The zero-order valence-corrected chi connectivity index (χ0v) is 15.4. The zero-order chi connectivity index (χ0) is 19.3. The second-order valence-electron chi connectivity index (χ2n) is 7.27. The van der Waals surface area contributed by atoms with Gasteiger partial charge in [0.05, 0.1) is 28.7 Å². The topological polar surface area (TPSA) is 90.5 Å². The molecule has 7 nitrogen and oxygen atoms in total. The van der Waals surface area contributed by atoms with E-state index in [0.717, 1.165) is 29.1 Å². The van der Waals surface area contributed by atoms with Crippen LogP contribution in [0.1, 0.15) is 22.3 Å². The summed E-state index contributed by atoms with van der Waals surface area (Å²) in [5, 5.41) is 20.1. The number of aliphatic hydroxyl groups is 1. The third kappa shape index (κ3) is 2.80. The molecular weight excluding hydrogens is 356 g/mol. The molecule has 2 aromatic carbocycles. The molecule has 3 heterocycles. The fraction of sp³-hybridized carbons (Fsp3) is 0.238. The van der Waals surface area contributed by atoms with Crippen molar-refractivity contribution in [3.63, 3.8) is 0 Å². The molecule has 1 atom stereocenters. The highest BCUT2D eigenvalue weighted by Crippen LogP contribution is 2.42. The highest BCUT2D eigenvalue weighted by Gasteiger charge is 2.28. The summed E-state index contributed by atoms with van der Waals surface area (Å²) < 4.78 is 6.13. The Morgan fingerprint density at radius 2 is 2.07 bits per heavy atom. The lowest BCUT2D eigenvalue weighted by atomic mass is 10.0. The Morgan fingerprint density at radius 1 is 1.18 bits per heavy atom. The molecule has 0 spiro atoms. The lowest BCUT2D eigenvalue weighted by Gasteiger charge is -2.22. The van der Waals surface area contributed by atoms with Gasteiger partial charge >= 0.3 is 0 Å². The minimum atomic E-state index is -0.362. The molecular formula is C21H20N4O3. The molecule has 0 radical (unpaired) electrons. The maximum Gasteiger partial charge on any atom is 0.259 e. The first-order valence-electron chi connectivity index (χ1n) is 9.29. The number of rotatable bonds is 2. The number of aromatic nitrogens is 2. The highest BCUT2D eigenvalue weighted by molar-refractivity contribution is 6.09. The molecule has 3 N–H and O–H groups in total. The van der Waals surface area contributed by atoms with Crippen molar-refractivity contribution in [2.75, 3.05) is 23.3 Å². The molecule has 142 valence electrons. The van der Waals surface area contributed by atoms with Crippen LogP contribution in [-0.4, -0.2) is 40.4 Å². The Balaban J connectivity index is 1.67. The summed E-state index contributed by atoms with van der Waals surface area (Å²) in [6, 6.07) is 11.3. The van der Waals surface area contributed by atoms with E-state index in [1.807, 2.05) is 43.3 Å². The van der Waals surface area contributed by atoms with Gasteiger partial charge in [-0.2, -0.15) is 5.10 Å². The molecule has 2 aliphatic rings. The number of amides is 1. The van der Waals surface area contributed by atoms with Crippen molar-refractivity contribution in [1.82, 2.24) is 10.2 Å². The summed E-state index contributed by atoms with van der Waals surface area (Å²) >= 11 is 0. The summed E-state index contributed by atoms with van der Waals surface area (Å²) in [4.78, 5) is 15.0. The fourth-order valence-electron chi connectivity index (χ4n) is 3.81. The number of nitrogens with zero attached hydrogens (tertiary/aromatic N) is 2. The third-order valence-electron chi connectivity index (χ3n) is 5.23. The molecule has 1 aromatic heterocycles. The van der Waals surface area contributed by atoms with Crippen LogP contribution in [0, 0.1) is 6.92 Å². The van der Waals surface area contributed by atoms with E-state index in [4.69, 9.17) is 4.74 Å². The molecule has 0 bridgehead atoms. The quantitative estimate of drug-likeness (QED) is 0.638. The van der Waals surface area contributed by atoms with Crippen LogP contribution >= 0.6 is 0 Å². The molecule has 1 amide bonds. The predicted octanol–water partition coefficient (Wildman–Crippen LogP) is 3.31. The van der Waals surface area contributed by atoms with E-state index in [1.54, 1.807) is 6.20 Å². The van der Waals surface area contributed by atoms with Crippen molar-refractivity contribution in [1.29, 1.82) is 0 Å². The van der Waals surface area contributed by atoms with Gasteiger partial charge in [-0.1, -0.05) is 6.07 Å². The van der Waals surface area contributed by atoms with Gasteiger partial charge in [-0.25, -0.2) is 0 Å². The number of fused-ring (bicyclic) bond motifs is 2. The van der Waals surface area contributed by atoms with E-state index in [0.29, 0.717) is 35.7 Å². The van der Waals surface area contributed by atoms with Crippen molar-refractivity contribution < 1.29 is 14.6 Å². The number of nitrogens with one attached hydrogen (secondary N) is 2. The maximum atomic E-state index is 12.9. The van der Waals surface area contributed by atoms with Crippen LogP contribution < -0.4 is 15.0 Å². The summed E-state index contributed by atoms with van der Waals surface area (Å²) in [6.07, 6.45) is 2.10. The number of aromatic amines is 1. The average molecular weight is 376 g/mol. The molecule has 5 rings (SSSR count). The van der Waals surface area contributed by atoms with Gasteiger partial charge in [0, 0.05) is 30.9 Å². The summed E-state index contributed by atoms with van der Waals surface area (Å²) in [6.45, 7) is 3.24. The van der Waals surface area contributed by atoms with Gasteiger partial charge in [-0.15, -0.1) is 0 Å². The number of anilines is 2. The van der Waals surface area contributed by atoms with Crippen LogP contribution in [-0.2, 0) is 0 Å². The number of carbonyl (C=O) groups is 1. The number of aliphatic hydroxyl groups excluding tert-OH is 1. The first-order valence-corrected chi connectivity index (χ1v) is 9.29. The second kappa shape index (κ2) is 6.38. The number of H-pyrrole nitrogens is 1. The monoisotopic (exact) mass is 376 g/mol. The molecule has 0 aliphatic carbocycles. The van der Waals surface area contributed by atoms with E-state index in [-0.39, 0.29) is 12.0 Å². The summed E-state index contributed by atoms with van der Waals surface area (Å²) in [7, 11) is 0. The van der Waals surface area contributed by atoms with Crippen LogP contribution in [0.5, 0.6) is 11.5 Å². The van der Waals surface area contributed by atoms with Gasteiger partial charge in [-0.05, 0) is 43.2 Å². The Morgan fingerprint density at radius 3 is 2.82 bits per heavy atom. The van der Waals surface area contributed by atoms with Crippen LogP contribution in [0.25, 0.3) is 11.3 Å². The number of ether oxygens (including phenoxy) is 1. The number of aryl methyl sites for hydroxylation is 1. The first-order chi connectivity index (χ1) is 13.6. The molecule has 1 fully saturated rings. The van der Waals surface area contributed by atoms with E-state index in [9.17, 15) is 9.90 Å². The first kappa shape index (κ1) is 16.8. The van der Waals surface area contributed by atoms with Gasteiger partial charge < -0.3 is 20.1 Å². The molecule has 1 saturated heterocycles. The van der Waals surface area contributed by atoms with Gasteiger partial charge in [0.25, 0.3) is 5.91 Å². The number of benzene rings is 2. The van der Waals surface area contributed by atoms with Crippen LogP contribution in [0.3, 0.4) is 0 Å². The fourth-order valence-corrected chi connectivity index (χ4v) is 3.81. The van der Waals surface area contributed by atoms with E-state index in [2.05, 4.69) is 20.4 Å². The van der Waals surface area contributed by atoms with Gasteiger partial charge in [0.1, 0.15) is 5.75 Å². The number of hydrogen-bond donors (Lipinski definition) is 3. The van der Waals surface area contributed by atoms with Crippen LogP contribution in [0.4, 0.5) is 11.4 Å². The number of β-amino-alcohol motifs (C(OH)–C–C–N with tert-alkyl or cyclic N) is 1. The molecule has 2 aliphatic heterocycles. The minimum Gasteiger partial charge on any atom is -0.454 e. The van der Waals surface area contributed by atoms with E-state index < -0.39 is 0 Å². The zero-order valence-electron chi connectivity index (χ0n) is 15.4. The summed E-state index contributed by atoms with van der Waals surface area (Å²) in [5.74, 6) is 0.887. The van der Waals surface area contributed by atoms with Crippen molar-refractivity contribution >= 4 is 17.3 Å². The average Bonchev–Trinajstić information content (AvgIpc) is 3.33. The Bertz CT molecular complexity index is 1060. The largest absolute Gasteiger partial charge is 0.454 e. The van der Waals surface area contributed by atoms with Gasteiger partial charge in [0.15, 0.2) is 5.75 Å². The highest BCUT2D eigenvalue weighted by atomic mass is 16.5. The molecule has 0 saturated carbocycles. The second-order valence-corrected chi connectivity index (χ2v) is 7.27. The maximum absolute atomic E-state index is 12.9. The standard InChI is InChI=1S/C21H20N4O3/c1-12-2-3-19-17(8-12)23-21(27)15-9-14(16-4-6-22-24-16)18(10-20(15)28-19)25-7-5-13(26)11-25/h2-4,6,8-10,13,26H,5,7,11H2,1H3,(H,22,24)(H,23,27)/t13-/m0/s1. The Hall–Kier alpha value is -3.32. The van der Waals surface area contributed by atoms with E-state index in [1.165, 1.54) is 0 Å². The number of hydrogen-bond acceptors (Lipinski definition) is 5. The minimum absolute atomic E-state index is 0.218. The van der Waals surface area contributed by atoms with Crippen molar-refractivity contribution in [3.8, 4) is 22.8 Å². The lowest BCUT2D eigenvalue weighted by molar-refractivity contribution is 0.102. The molecule has 7 heteroatoms. The van der Waals surface area contributed by atoms with Crippen LogP contribution in [0.2, 0.25) is 0 Å². The SMILES string of the molecule is Cc1ccc2c(c1)NC(=O)c1cc(-c3cc[nH]n3)c(N3CC[C@H](O)C3)cc1O2. The smallest absolute Gasteiger partial charge is 0.259 e. The third-order valence-corrected chi connectivity index (χ3v) is 5.23. The van der Waals surface area contributed by atoms with Crippen molar-refractivity contribution in [2.45, 2.75) is 19.4 Å². The Kier molecular flexibility index (Phi) is 3.84. The number of carbonyl (C=O) groups excluding carboxylic acids is 1. The van der Waals surface area contributed by atoms with Gasteiger partial charge in [-0.3, -0.25) is 9.89 Å². The normalized spacial score (nSPS) is 18.1.